The predicted octanol–water partition coefficient (Wildman–Crippen LogP) is 2.70. The molecule has 4 heteroatoms. The zero-order chi connectivity index (χ0) is 12.3. The number of hydrogen-bond acceptors (Lipinski definition) is 3. The van der Waals surface area contributed by atoms with Crippen LogP contribution in [-0.2, 0) is 11.3 Å². The smallest absolute Gasteiger partial charge is 0.138 e. The van der Waals surface area contributed by atoms with Crippen molar-refractivity contribution in [2.75, 3.05) is 13.2 Å². The third-order valence-corrected chi connectivity index (χ3v) is 3.49. The van der Waals surface area contributed by atoms with Crippen molar-refractivity contribution in [1.82, 2.24) is 5.32 Å². The van der Waals surface area contributed by atoms with E-state index in [-0.39, 0.29) is 11.4 Å². The molecule has 0 radical (unpaired) electrons. The van der Waals surface area contributed by atoms with E-state index in [0.29, 0.717) is 11.6 Å². The number of nitrogens with one attached hydrogen (secondary N) is 1. The molecule has 0 bridgehead atoms. The fourth-order valence-electron chi connectivity index (χ4n) is 2.14. The fourth-order valence-corrected chi connectivity index (χ4v) is 2.33. The number of halogens is 1. The van der Waals surface area contributed by atoms with Gasteiger partial charge in [0.25, 0.3) is 0 Å². The minimum absolute atomic E-state index is 0.0613. The van der Waals surface area contributed by atoms with Crippen LogP contribution in [0.4, 0.5) is 0 Å². The van der Waals surface area contributed by atoms with Gasteiger partial charge >= 0.3 is 0 Å². The Morgan fingerprint density at radius 1 is 1.53 bits per heavy atom. The van der Waals surface area contributed by atoms with E-state index in [9.17, 15) is 5.11 Å². The lowest BCUT2D eigenvalue weighted by molar-refractivity contribution is 0.0206. The average Bonchev–Trinajstić information content (AvgIpc) is 2.72. The maximum absolute atomic E-state index is 9.75. The van der Waals surface area contributed by atoms with Gasteiger partial charge in [0.1, 0.15) is 5.75 Å². The summed E-state index contributed by atoms with van der Waals surface area (Å²) in [4.78, 5) is 0. The maximum Gasteiger partial charge on any atom is 0.138 e. The first-order chi connectivity index (χ1) is 8.11. The molecule has 0 saturated carbocycles. The highest BCUT2D eigenvalue weighted by Crippen LogP contribution is 2.27. The summed E-state index contributed by atoms with van der Waals surface area (Å²) in [6.07, 6.45) is 2.21. The number of hydrogen-bond donors (Lipinski definition) is 2. The van der Waals surface area contributed by atoms with Gasteiger partial charge in [0, 0.05) is 25.3 Å². The summed E-state index contributed by atoms with van der Waals surface area (Å²) in [7, 11) is 0. The Labute approximate surface area is 107 Å². The predicted molar refractivity (Wildman–Crippen MR) is 68.4 cm³/mol. The topological polar surface area (TPSA) is 41.5 Å². The lowest BCUT2D eigenvalue weighted by atomic mass is 10.0. The zero-order valence-corrected chi connectivity index (χ0v) is 10.8. The summed E-state index contributed by atoms with van der Waals surface area (Å²) in [6, 6.07) is 5.39. The lowest BCUT2D eigenvalue weighted by Crippen LogP contribution is -2.36. The number of phenols is 1. The molecule has 1 aliphatic heterocycles. The quantitative estimate of drug-likeness (QED) is 0.869. The lowest BCUT2D eigenvalue weighted by Gasteiger charge is -2.23. The molecule has 0 aromatic heterocycles. The second-order valence-electron chi connectivity index (χ2n) is 4.75. The number of ether oxygens (including phenoxy) is 1. The molecule has 2 N–H and O–H groups in total. The molecule has 1 unspecified atom stereocenters. The summed E-state index contributed by atoms with van der Waals surface area (Å²) in [5.74, 6) is 0.166. The molecule has 1 aromatic rings. The highest BCUT2D eigenvalue weighted by molar-refractivity contribution is 6.32. The molecule has 0 spiro atoms. The van der Waals surface area contributed by atoms with Crippen LogP contribution in [0.5, 0.6) is 5.75 Å². The Morgan fingerprint density at radius 3 is 3.06 bits per heavy atom. The summed E-state index contributed by atoms with van der Waals surface area (Å²) in [6.45, 7) is 4.36. The standard InChI is InChI=1S/C13H18ClNO2/c1-13(6-3-7-17-13)9-15-8-10-4-2-5-11(14)12(10)16/h2,4-5,15-16H,3,6-9H2,1H3. The van der Waals surface area contributed by atoms with Gasteiger partial charge in [-0.05, 0) is 25.8 Å². The van der Waals surface area contributed by atoms with E-state index in [1.165, 1.54) is 0 Å². The van der Waals surface area contributed by atoms with Crippen molar-refractivity contribution in [2.24, 2.45) is 0 Å². The van der Waals surface area contributed by atoms with Gasteiger partial charge in [0.05, 0.1) is 10.6 Å². The molecule has 2 rings (SSSR count). The van der Waals surface area contributed by atoms with Gasteiger partial charge in [-0.1, -0.05) is 23.7 Å². The van der Waals surface area contributed by atoms with Crippen molar-refractivity contribution in [2.45, 2.75) is 31.9 Å². The molecular formula is C13H18ClNO2. The minimum Gasteiger partial charge on any atom is -0.506 e. The van der Waals surface area contributed by atoms with Gasteiger partial charge < -0.3 is 15.2 Å². The van der Waals surface area contributed by atoms with E-state index in [1.807, 2.05) is 12.1 Å². The van der Waals surface area contributed by atoms with E-state index in [4.69, 9.17) is 16.3 Å². The van der Waals surface area contributed by atoms with Gasteiger partial charge in [-0.3, -0.25) is 0 Å². The molecule has 17 heavy (non-hydrogen) atoms. The number of rotatable bonds is 4. The van der Waals surface area contributed by atoms with Crippen molar-refractivity contribution < 1.29 is 9.84 Å². The number of benzene rings is 1. The van der Waals surface area contributed by atoms with Gasteiger partial charge in [-0.15, -0.1) is 0 Å². The molecule has 1 aromatic carbocycles. The van der Waals surface area contributed by atoms with E-state index in [1.54, 1.807) is 6.07 Å². The molecule has 1 aliphatic rings. The molecule has 1 saturated heterocycles. The summed E-state index contributed by atoms with van der Waals surface area (Å²) >= 11 is 5.84. The third-order valence-electron chi connectivity index (χ3n) is 3.19. The van der Waals surface area contributed by atoms with Crippen LogP contribution in [0.25, 0.3) is 0 Å². The SMILES string of the molecule is CC1(CNCc2cccc(Cl)c2O)CCCO1. The van der Waals surface area contributed by atoms with Gasteiger partial charge in [0.2, 0.25) is 0 Å². The monoisotopic (exact) mass is 255 g/mol. The number of aromatic hydroxyl groups is 1. The minimum atomic E-state index is -0.0613. The average molecular weight is 256 g/mol. The van der Waals surface area contributed by atoms with E-state index in [2.05, 4.69) is 12.2 Å². The molecule has 0 aliphatic carbocycles. The van der Waals surface area contributed by atoms with Crippen molar-refractivity contribution in [3.05, 3.63) is 28.8 Å². The van der Waals surface area contributed by atoms with Crippen LogP contribution >= 0.6 is 11.6 Å². The first-order valence-electron chi connectivity index (χ1n) is 5.92. The summed E-state index contributed by atoms with van der Waals surface area (Å²) in [5.41, 5.74) is 0.757. The Balaban J connectivity index is 1.88. The van der Waals surface area contributed by atoms with Crippen molar-refractivity contribution in [1.29, 1.82) is 0 Å². The number of phenolic OH excluding ortho intramolecular Hbond substituents is 1. The highest BCUT2D eigenvalue weighted by Gasteiger charge is 2.29. The van der Waals surface area contributed by atoms with Crippen LogP contribution in [0.1, 0.15) is 25.3 Å². The Bertz CT molecular complexity index is 389. The molecule has 94 valence electrons. The fraction of sp³-hybridized carbons (Fsp3) is 0.538. The van der Waals surface area contributed by atoms with Crippen LogP contribution in [0.2, 0.25) is 5.02 Å². The van der Waals surface area contributed by atoms with E-state index in [0.717, 1.165) is 31.6 Å². The number of para-hydroxylation sites is 1. The van der Waals surface area contributed by atoms with Crippen molar-refractivity contribution in [3.63, 3.8) is 0 Å². The second-order valence-corrected chi connectivity index (χ2v) is 5.16. The third kappa shape index (κ3) is 3.12. The van der Waals surface area contributed by atoms with Gasteiger partial charge in [-0.25, -0.2) is 0 Å². The van der Waals surface area contributed by atoms with Crippen LogP contribution < -0.4 is 5.32 Å². The van der Waals surface area contributed by atoms with Crippen LogP contribution in [0.15, 0.2) is 18.2 Å². The van der Waals surface area contributed by atoms with E-state index < -0.39 is 0 Å². The zero-order valence-electron chi connectivity index (χ0n) is 10.0. The van der Waals surface area contributed by atoms with Gasteiger partial charge in [0.15, 0.2) is 0 Å². The van der Waals surface area contributed by atoms with Crippen LogP contribution in [-0.4, -0.2) is 23.9 Å². The maximum atomic E-state index is 9.75. The Hall–Kier alpha value is -0.770. The molecule has 1 fully saturated rings. The molecule has 0 amide bonds. The molecule has 3 nitrogen and oxygen atoms in total. The Kier molecular flexibility index (Phi) is 3.92. The molecular weight excluding hydrogens is 238 g/mol. The van der Waals surface area contributed by atoms with E-state index >= 15 is 0 Å². The van der Waals surface area contributed by atoms with Crippen LogP contribution in [0.3, 0.4) is 0 Å². The van der Waals surface area contributed by atoms with Crippen LogP contribution in [0, 0.1) is 0 Å². The molecule has 1 heterocycles. The summed E-state index contributed by atoms with van der Waals surface area (Å²) in [5, 5.41) is 13.5. The largest absolute Gasteiger partial charge is 0.506 e. The van der Waals surface area contributed by atoms with Gasteiger partial charge in [-0.2, -0.15) is 0 Å². The highest BCUT2D eigenvalue weighted by atomic mass is 35.5. The van der Waals surface area contributed by atoms with Crippen molar-refractivity contribution in [3.8, 4) is 5.75 Å². The Morgan fingerprint density at radius 2 is 2.35 bits per heavy atom. The first kappa shape index (κ1) is 12.7. The second kappa shape index (κ2) is 5.25. The molecule has 1 atom stereocenters. The normalized spacial score (nSPS) is 24.1. The first-order valence-corrected chi connectivity index (χ1v) is 6.30. The van der Waals surface area contributed by atoms with Crippen molar-refractivity contribution >= 4 is 11.6 Å². The summed E-state index contributed by atoms with van der Waals surface area (Å²) < 4.78 is 5.68.